The van der Waals surface area contributed by atoms with Crippen molar-refractivity contribution in [2.75, 3.05) is 18.3 Å². The molecule has 3 N–H and O–H groups in total. The first-order valence-electron chi connectivity index (χ1n) is 5.13. The van der Waals surface area contributed by atoms with Gasteiger partial charge in [-0.15, -0.1) is 11.3 Å². The number of halogens is 2. The van der Waals surface area contributed by atoms with Gasteiger partial charge in [-0.1, -0.05) is 11.6 Å². The average molecular weight is 362 g/mol. The third kappa shape index (κ3) is 3.59. The van der Waals surface area contributed by atoms with E-state index in [4.69, 9.17) is 22.1 Å². The van der Waals surface area contributed by atoms with Gasteiger partial charge in [0.05, 0.1) is 22.8 Å². The lowest BCUT2D eigenvalue weighted by Gasteiger charge is -2.06. The fourth-order valence-electron chi connectivity index (χ4n) is 1.35. The van der Waals surface area contributed by atoms with Crippen LogP contribution in [-0.2, 0) is 0 Å². The van der Waals surface area contributed by atoms with Crippen LogP contribution in [0.3, 0.4) is 0 Å². The fraction of sp³-hybridized carbons (Fsp3) is 0.0909. The maximum Gasteiger partial charge on any atom is 0.205 e. The Hall–Kier alpha value is -1.31. The molecule has 19 heavy (non-hydrogen) atoms. The summed E-state index contributed by atoms with van der Waals surface area (Å²) in [6.45, 7) is 0. The standard InChI is InChI=1S/C11H10BrClN4OS/c1-18-10-7(12)2-6(3-8(10)13)4-15-17-11-16-9(14)5-19-11/h2-5H,14H2,1H3,(H,16,17). The quantitative estimate of drug-likeness (QED) is 0.645. The maximum absolute atomic E-state index is 6.07. The number of hydrogen-bond donors (Lipinski definition) is 2. The van der Waals surface area contributed by atoms with Gasteiger partial charge in [-0.3, -0.25) is 5.43 Å². The molecule has 0 spiro atoms. The molecule has 2 aromatic rings. The van der Waals surface area contributed by atoms with E-state index in [0.29, 0.717) is 21.7 Å². The first kappa shape index (κ1) is 14.1. The predicted molar refractivity (Wildman–Crippen MR) is 83.4 cm³/mol. The normalized spacial score (nSPS) is 10.9. The summed E-state index contributed by atoms with van der Waals surface area (Å²) in [4.78, 5) is 4.02. The Morgan fingerprint density at radius 3 is 2.95 bits per heavy atom. The molecular weight excluding hydrogens is 352 g/mol. The van der Waals surface area contributed by atoms with Crippen molar-refractivity contribution in [3.05, 3.63) is 32.6 Å². The monoisotopic (exact) mass is 360 g/mol. The smallest absolute Gasteiger partial charge is 0.205 e. The number of nitrogens with one attached hydrogen (secondary N) is 1. The molecule has 0 aliphatic heterocycles. The molecule has 1 aromatic carbocycles. The lowest BCUT2D eigenvalue weighted by atomic mass is 10.2. The molecule has 100 valence electrons. The molecule has 0 unspecified atom stereocenters. The first-order valence-corrected chi connectivity index (χ1v) is 7.18. The predicted octanol–water partition coefficient (Wildman–Crippen LogP) is 3.60. The topological polar surface area (TPSA) is 72.5 Å². The van der Waals surface area contributed by atoms with E-state index in [-0.39, 0.29) is 0 Å². The minimum Gasteiger partial charge on any atom is -0.494 e. The molecular formula is C11H10BrClN4OS. The zero-order valence-electron chi connectivity index (χ0n) is 9.85. The number of thiazole rings is 1. The van der Waals surface area contributed by atoms with Gasteiger partial charge in [0.2, 0.25) is 5.13 Å². The Morgan fingerprint density at radius 2 is 2.37 bits per heavy atom. The molecule has 0 bridgehead atoms. The lowest BCUT2D eigenvalue weighted by molar-refractivity contribution is 0.412. The minimum absolute atomic E-state index is 0.470. The summed E-state index contributed by atoms with van der Waals surface area (Å²) in [5, 5.41) is 6.94. The molecule has 0 amide bonds. The molecule has 5 nitrogen and oxygen atoms in total. The van der Waals surface area contributed by atoms with Gasteiger partial charge in [0.15, 0.2) is 5.75 Å². The number of ether oxygens (including phenoxy) is 1. The molecule has 0 aliphatic rings. The first-order chi connectivity index (χ1) is 9.10. The highest BCUT2D eigenvalue weighted by molar-refractivity contribution is 9.10. The highest BCUT2D eigenvalue weighted by Crippen LogP contribution is 2.33. The molecule has 0 saturated heterocycles. The largest absolute Gasteiger partial charge is 0.494 e. The summed E-state index contributed by atoms with van der Waals surface area (Å²) in [5.41, 5.74) is 9.12. The third-order valence-electron chi connectivity index (χ3n) is 2.12. The Kier molecular flexibility index (Phi) is 4.62. The fourth-order valence-corrected chi connectivity index (χ4v) is 2.96. The molecule has 1 heterocycles. The number of anilines is 2. The number of nitrogens with two attached hydrogens (primary N) is 1. The van der Waals surface area contributed by atoms with Crippen LogP contribution >= 0.6 is 38.9 Å². The number of benzene rings is 1. The second-order valence-electron chi connectivity index (χ2n) is 3.47. The highest BCUT2D eigenvalue weighted by Gasteiger charge is 2.07. The number of aromatic nitrogens is 1. The summed E-state index contributed by atoms with van der Waals surface area (Å²) in [6.07, 6.45) is 1.63. The van der Waals surface area contributed by atoms with Crippen LogP contribution in [0.1, 0.15) is 5.56 Å². The number of hydrogen-bond acceptors (Lipinski definition) is 6. The van der Waals surface area contributed by atoms with E-state index in [1.54, 1.807) is 24.8 Å². The van der Waals surface area contributed by atoms with Crippen LogP contribution in [0, 0.1) is 0 Å². The SMILES string of the molecule is COc1c(Cl)cc(C=NNc2nc(N)cs2)cc1Br. The summed E-state index contributed by atoms with van der Waals surface area (Å²) in [5.74, 6) is 1.07. The van der Waals surface area contributed by atoms with Gasteiger partial charge in [-0.05, 0) is 33.6 Å². The maximum atomic E-state index is 6.07. The molecule has 2 rings (SSSR count). The molecule has 0 radical (unpaired) electrons. The van der Waals surface area contributed by atoms with E-state index in [9.17, 15) is 0 Å². The number of nitrogen functional groups attached to an aromatic ring is 1. The van der Waals surface area contributed by atoms with Crippen molar-refractivity contribution in [2.45, 2.75) is 0 Å². The van der Waals surface area contributed by atoms with Gasteiger partial charge in [0.1, 0.15) is 5.82 Å². The van der Waals surface area contributed by atoms with E-state index in [0.717, 1.165) is 10.0 Å². The van der Waals surface area contributed by atoms with Crippen molar-refractivity contribution < 1.29 is 4.74 Å². The van der Waals surface area contributed by atoms with Crippen molar-refractivity contribution >= 4 is 56.0 Å². The zero-order chi connectivity index (χ0) is 13.8. The minimum atomic E-state index is 0.470. The van der Waals surface area contributed by atoms with Crippen LogP contribution in [0.5, 0.6) is 5.75 Å². The number of rotatable bonds is 4. The number of hydrazone groups is 1. The summed E-state index contributed by atoms with van der Waals surface area (Å²) in [7, 11) is 1.56. The van der Waals surface area contributed by atoms with Crippen LogP contribution in [0.25, 0.3) is 0 Å². The summed E-state index contributed by atoms with van der Waals surface area (Å²) >= 11 is 10.8. The number of nitrogens with zero attached hydrogens (tertiary/aromatic N) is 2. The Morgan fingerprint density at radius 1 is 1.58 bits per heavy atom. The summed E-state index contributed by atoms with van der Waals surface area (Å²) in [6, 6.07) is 3.61. The van der Waals surface area contributed by atoms with Gasteiger partial charge < -0.3 is 10.5 Å². The van der Waals surface area contributed by atoms with Crippen molar-refractivity contribution in [3.63, 3.8) is 0 Å². The van der Waals surface area contributed by atoms with Crippen LogP contribution in [0.4, 0.5) is 10.9 Å². The van der Waals surface area contributed by atoms with E-state index in [1.165, 1.54) is 11.3 Å². The molecule has 8 heteroatoms. The van der Waals surface area contributed by atoms with E-state index < -0.39 is 0 Å². The van der Waals surface area contributed by atoms with Gasteiger partial charge in [-0.25, -0.2) is 4.98 Å². The van der Waals surface area contributed by atoms with Crippen molar-refractivity contribution in [3.8, 4) is 5.75 Å². The van der Waals surface area contributed by atoms with E-state index in [2.05, 4.69) is 31.4 Å². The van der Waals surface area contributed by atoms with Crippen molar-refractivity contribution in [2.24, 2.45) is 5.10 Å². The molecule has 1 aromatic heterocycles. The van der Waals surface area contributed by atoms with Crippen LogP contribution in [0.15, 0.2) is 27.1 Å². The Bertz CT molecular complexity index is 593. The summed E-state index contributed by atoms with van der Waals surface area (Å²) < 4.78 is 5.91. The van der Waals surface area contributed by atoms with Crippen LogP contribution < -0.4 is 15.9 Å². The highest BCUT2D eigenvalue weighted by atomic mass is 79.9. The second kappa shape index (κ2) is 6.23. The average Bonchev–Trinajstić information content (AvgIpc) is 2.75. The van der Waals surface area contributed by atoms with Gasteiger partial charge in [0, 0.05) is 5.38 Å². The van der Waals surface area contributed by atoms with Gasteiger partial charge in [0.25, 0.3) is 0 Å². The second-order valence-corrected chi connectivity index (χ2v) is 5.58. The van der Waals surface area contributed by atoms with E-state index in [1.807, 2.05) is 6.07 Å². The van der Waals surface area contributed by atoms with Crippen LogP contribution in [0.2, 0.25) is 5.02 Å². The third-order valence-corrected chi connectivity index (χ3v) is 3.76. The molecule has 0 aliphatic carbocycles. The Balaban J connectivity index is 2.11. The van der Waals surface area contributed by atoms with Gasteiger partial charge >= 0.3 is 0 Å². The zero-order valence-corrected chi connectivity index (χ0v) is 13.0. The van der Waals surface area contributed by atoms with E-state index >= 15 is 0 Å². The molecule has 0 atom stereocenters. The lowest BCUT2D eigenvalue weighted by Crippen LogP contribution is -1.93. The van der Waals surface area contributed by atoms with Gasteiger partial charge in [-0.2, -0.15) is 5.10 Å². The molecule has 0 saturated carbocycles. The van der Waals surface area contributed by atoms with Crippen molar-refractivity contribution in [1.82, 2.24) is 4.98 Å². The number of methoxy groups -OCH3 is 1. The van der Waals surface area contributed by atoms with Crippen molar-refractivity contribution in [1.29, 1.82) is 0 Å². The molecule has 0 fully saturated rings. The van der Waals surface area contributed by atoms with Crippen LogP contribution in [-0.4, -0.2) is 18.3 Å². The Labute approximate surface area is 127 Å².